The number of nitrogens with zero attached hydrogens (tertiary/aromatic N) is 3. The molecule has 2 aliphatic rings. The van der Waals surface area contributed by atoms with Gasteiger partial charge in [-0.15, -0.1) is 0 Å². The Morgan fingerprint density at radius 2 is 1.84 bits per heavy atom. The van der Waals surface area contributed by atoms with Gasteiger partial charge in [0.25, 0.3) is 5.54 Å². The lowest BCUT2D eigenvalue weighted by atomic mass is 9.75. The second-order valence-electron chi connectivity index (χ2n) is 7.28. The number of carbonyl (C=O) groups excluding carboxylic acids is 1. The van der Waals surface area contributed by atoms with E-state index >= 15 is 0 Å². The summed E-state index contributed by atoms with van der Waals surface area (Å²) in [7, 11) is 0. The van der Waals surface area contributed by atoms with Crippen molar-refractivity contribution in [2.75, 3.05) is 26.2 Å². The molecule has 0 radical (unpaired) electrons. The van der Waals surface area contributed by atoms with Gasteiger partial charge in [0.05, 0.1) is 0 Å². The van der Waals surface area contributed by atoms with Crippen LogP contribution < -0.4 is 0 Å². The Morgan fingerprint density at radius 1 is 1.16 bits per heavy atom. The molecule has 1 saturated heterocycles. The lowest BCUT2D eigenvalue weighted by Gasteiger charge is -2.37. The van der Waals surface area contributed by atoms with E-state index < -0.39 is 5.54 Å². The predicted molar refractivity (Wildman–Crippen MR) is 100 cm³/mol. The topological polar surface area (TPSA) is 27.9 Å². The molecule has 5 heteroatoms. The molecule has 1 aromatic rings. The molecule has 0 aromatic heterocycles. The minimum atomic E-state index is -0.391. The molecule has 1 aliphatic heterocycles. The maximum Gasteiger partial charge on any atom is 0.257 e. The number of halogens is 1. The van der Waals surface area contributed by atoms with Crippen molar-refractivity contribution in [3.8, 4) is 0 Å². The first-order chi connectivity index (χ1) is 12.0. The van der Waals surface area contributed by atoms with Crippen molar-refractivity contribution >= 4 is 17.5 Å². The highest BCUT2D eigenvalue weighted by Gasteiger charge is 2.44. The lowest BCUT2D eigenvalue weighted by molar-refractivity contribution is -0.128. The Morgan fingerprint density at radius 3 is 2.44 bits per heavy atom. The number of benzene rings is 1. The molecule has 1 aromatic carbocycles. The summed E-state index contributed by atoms with van der Waals surface area (Å²) in [5, 5.41) is 0.720. The van der Waals surface area contributed by atoms with Crippen LogP contribution in [-0.2, 0) is 10.3 Å². The Labute approximate surface area is 155 Å². The smallest absolute Gasteiger partial charge is 0.257 e. The average molecular weight is 360 g/mol. The molecular weight excluding hydrogens is 334 g/mol. The number of carbonyl (C=O) groups is 1. The first kappa shape index (κ1) is 18.2. The zero-order valence-corrected chi connectivity index (χ0v) is 15.6. The molecule has 134 valence electrons. The van der Waals surface area contributed by atoms with Crippen molar-refractivity contribution in [1.29, 1.82) is 0 Å². The summed E-state index contributed by atoms with van der Waals surface area (Å²) >= 11 is 6.00. The third kappa shape index (κ3) is 3.99. The molecule has 1 amide bonds. The van der Waals surface area contributed by atoms with Crippen molar-refractivity contribution in [2.24, 2.45) is 0 Å². The zero-order chi connectivity index (χ0) is 17.9. The highest BCUT2D eigenvalue weighted by atomic mass is 35.5. The van der Waals surface area contributed by atoms with Gasteiger partial charge in [0.2, 0.25) is 5.91 Å². The van der Waals surface area contributed by atoms with Gasteiger partial charge < -0.3 is 9.74 Å². The van der Waals surface area contributed by atoms with Gasteiger partial charge in [-0.25, -0.2) is 6.57 Å². The summed E-state index contributed by atoms with van der Waals surface area (Å²) in [6.07, 6.45) is 4.93. The summed E-state index contributed by atoms with van der Waals surface area (Å²) in [6, 6.07) is 8.34. The quantitative estimate of drug-likeness (QED) is 0.748. The molecule has 0 unspecified atom stereocenters. The van der Waals surface area contributed by atoms with E-state index in [2.05, 4.69) is 9.74 Å². The Bertz CT molecular complexity index is 644. The molecule has 25 heavy (non-hydrogen) atoms. The normalized spacial score (nSPS) is 28.2. The van der Waals surface area contributed by atoms with Crippen LogP contribution in [-0.4, -0.2) is 47.9 Å². The molecular formula is C20H26ClN3O. The molecule has 0 bridgehead atoms. The number of hydrogen-bond donors (Lipinski definition) is 0. The summed E-state index contributed by atoms with van der Waals surface area (Å²) < 4.78 is 0. The predicted octanol–water partition coefficient (Wildman–Crippen LogP) is 3.95. The van der Waals surface area contributed by atoms with Crippen LogP contribution in [0.3, 0.4) is 0 Å². The Kier molecular flexibility index (Phi) is 5.66. The first-order valence-electron chi connectivity index (χ1n) is 9.18. The van der Waals surface area contributed by atoms with Gasteiger partial charge in [0.1, 0.15) is 0 Å². The van der Waals surface area contributed by atoms with Gasteiger partial charge >= 0.3 is 0 Å². The highest BCUT2D eigenvalue weighted by Crippen LogP contribution is 2.42. The maximum absolute atomic E-state index is 11.6. The molecule has 4 nitrogen and oxygen atoms in total. The Hall–Kier alpha value is -1.57. The van der Waals surface area contributed by atoms with Gasteiger partial charge in [0.15, 0.2) is 0 Å². The molecule has 2 fully saturated rings. The fourth-order valence-electron chi connectivity index (χ4n) is 4.29. The van der Waals surface area contributed by atoms with Gasteiger partial charge in [-0.3, -0.25) is 9.69 Å². The van der Waals surface area contributed by atoms with E-state index in [1.54, 1.807) is 6.92 Å². The zero-order valence-electron chi connectivity index (χ0n) is 14.9. The van der Waals surface area contributed by atoms with Crippen molar-refractivity contribution in [2.45, 2.75) is 50.6 Å². The SMILES string of the molecule is [C-]#[N+]C1(c2ccc(Cl)cc2)CCC(N2CCCN(C(C)=O)CC2)CC1. The van der Waals surface area contributed by atoms with Crippen molar-refractivity contribution in [1.82, 2.24) is 9.80 Å². The molecule has 0 atom stereocenters. The van der Waals surface area contributed by atoms with Crippen LogP contribution in [0.1, 0.15) is 44.6 Å². The van der Waals surface area contributed by atoms with E-state index in [1.165, 1.54) is 0 Å². The van der Waals surface area contributed by atoms with Crippen LogP contribution in [0.15, 0.2) is 24.3 Å². The van der Waals surface area contributed by atoms with Crippen LogP contribution in [0.25, 0.3) is 4.85 Å². The third-order valence-corrected chi connectivity index (χ3v) is 6.12. The third-order valence-electron chi connectivity index (χ3n) is 5.87. The standard InChI is InChI=1S/C20H26ClN3O/c1-16(25)23-12-3-13-24(15-14-23)19-8-10-20(22-2,11-9-19)17-4-6-18(21)7-5-17/h4-7,19H,3,8-15H2,1H3. The monoisotopic (exact) mass is 359 g/mol. The second kappa shape index (κ2) is 7.76. The molecule has 0 N–H and O–H groups in total. The molecule has 1 saturated carbocycles. The van der Waals surface area contributed by atoms with Gasteiger partial charge in [-0.1, -0.05) is 11.6 Å². The van der Waals surface area contributed by atoms with Crippen molar-refractivity contribution < 1.29 is 4.79 Å². The van der Waals surface area contributed by atoms with Gasteiger partial charge in [-0.2, -0.15) is 0 Å². The molecule has 3 rings (SSSR count). The maximum atomic E-state index is 11.6. The van der Waals surface area contributed by atoms with E-state index in [4.69, 9.17) is 18.2 Å². The minimum Gasteiger partial charge on any atom is -0.342 e. The van der Waals surface area contributed by atoms with Gasteiger partial charge in [0, 0.05) is 62.6 Å². The first-order valence-corrected chi connectivity index (χ1v) is 9.56. The minimum absolute atomic E-state index is 0.181. The molecule has 1 aliphatic carbocycles. The van der Waals surface area contributed by atoms with Crippen LogP contribution in [0, 0.1) is 6.57 Å². The van der Waals surface area contributed by atoms with Crippen molar-refractivity contribution in [3.63, 3.8) is 0 Å². The number of rotatable bonds is 2. The van der Waals surface area contributed by atoms with Crippen LogP contribution in [0.2, 0.25) is 5.02 Å². The lowest BCUT2D eigenvalue weighted by Crippen LogP contribution is -2.43. The highest BCUT2D eigenvalue weighted by molar-refractivity contribution is 6.30. The fourth-order valence-corrected chi connectivity index (χ4v) is 4.41. The number of hydrogen-bond acceptors (Lipinski definition) is 2. The van der Waals surface area contributed by atoms with Crippen LogP contribution in [0.5, 0.6) is 0 Å². The second-order valence-corrected chi connectivity index (χ2v) is 7.71. The van der Waals surface area contributed by atoms with E-state index in [0.717, 1.165) is 68.9 Å². The summed E-state index contributed by atoms with van der Waals surface area (Å²) in [5.74, 6) is 0.181. The van der Waals surface area contributed by atoms with E-state index in [1.807, 2.05) is 29.2 Å². The van der Waals surface area contributed by atoms with E-state index in [-0.39, 0.29) is 5.91 Å². The fraction of sp³-hybridized carbons (Fsp3) is 0.600. The number of amides is 1. The van der Waals surface area contributed by atoms with Crippen molar-refractivity contribution in [3.05, 3.63) is 46.3 Å². The average Bonchev–Trinajstić information content (AvgIpc) is 2.89. The van der Waals surface area contributed by atoms with E-state index in [0.29, 0.717) is 6.04 Å². The largest absolute Gasteiger partial charge is 0.342 e. The summed E-state index contributed by atoms with van der Waals surface area (Å²) in [5.41, 5.74) is 0.710. The molecule has 0 spiro atoms. The van der Waals surface area contributed by atoms with E-state index in [9.17, 15) is 4.79 Å². The Balaban J connectivity index is 1.63. The van der Waals surface area contributed by atoms with Crippen LogP contribution >= 0.6 is 11.6 Å². The summed E-state index contributed by atoms with van der Waals surface area (Å²) in [6.45, 7) is 13.2. The van der Waals surface area contributed by atoms with Crippen LogP contribution in [0.4, 0.5) is 0 Å². The molecule has 1 heterocycles. The summed E-state index contributed by atoms with van der Waals surface area (Å²) in [4.78, 5) is 20.2. The van der Waals surface area contributed by atoms with Gasteiger partial charge in [-0.05, 0) is 43.5 Å².